The van der Waals surface area contributed by atoms with Crippen LogP contribution in [0.15, 0.2) is 68.1 Å². The Hall–Kier alpha value is -0.710. The number of hydrogen-bond acceptors (Lipinski definition) is 8. The Bertz CT molecular complexity index is 667. The summed E-state index contributed by atoms with van der Waals surface area (Å²) in [4.78, 5) is 4.89. The van der Waals surface area contributed by atoms with E-state index in [1.165, 1.54) is 19.6 Å². The van der Waals surface area contributed by atoms with Gasteiger partial charge in [-0.15, -0.1) is 23.5 Å². The second kappa shape index (κ2) is 16.9. The number of aliphatic hydroxyl groups excluding tert-OH is 2. The van der Waals surface area contributed by atoms with E-state index >= 15 is 0 Å². The molecule has 0 aromatic heterocycles. The normalized spacial score (nSPS) is 11.1. The molecule has 0 unspecified atom stereocenters. The molecule has 0 aliphatic heterocycles. The number of rotatable bonds is 17. The Morgan fingerprint density at radius 1 is 0.500 bits per heavy atom. The van der Waals surface area contributed by atoms with Crippen LogP contribution in [-0.2, 0) is 14.2 Å². The van der Waals surface area contributed by atoms with Gasteiger partial charge in [-0.1, -0.05) is 11.8 Å². The first-order valence-electron chi connectivity index (χ1n) is 9.90. The maximum atomic E-state index is 8.69. The van der Waals surface area contributed by atoms with Gasteiger partial charge >= 0.3 is 0 Å². The van der Waals surface area contributed by atoms with Gasteiger partial charge in [0.15, 0.2) is 0 Å². The molecule has 8 heteroatoms. The lowest BCUT2D eigenvalue weighted by Gasteiger charge is -2.07. The fourth-order valence-corrected chi connectivity index (χ4v) is 4.68. The van der Waals surface area contributed by atoms with Crippen LogP contribution < -0.4 is 0 Å². The molecule has 0 heterocycles. The molecule has 0 aliphatic rings. The summed E-state index contributed by atoms with van der Waals surface area (Å²) in [5, 5.41) is 17.3. The average molecular weight is 471 g/mol. The van der Waals surface area contributed by atoms with Crippen molar-refractivity contribution in [3.63, 3.8) is 0 Å². The molecule has 2 aromatic rings. The minimum atomic E-state index is 0.0527. The summed E-state index contributed by atoms with van der Waals surface area (Å²) in [6.07, 6.45) is 0. The zero-order valence-electron chi connectivity index (χ0n) is 17.0. The van der Waals surface area contributed by atoms with Crippen molar-refractivity contribution in [3.05, 3.63) is 48.5 Å². The Morgan fingerprint density at radius 2 is 0.867 bits per heavy atom. The highest BCUT2D eigenvalue weighted by atomic mass is 32.2. The van der Waals surface area contributed by atoms with Crippen LogP contribution >= 0.6 is 35.3 Å². The molecule has 0 atom stereocenters. The number of benzene rings is 2. The van der Waals surface area contributed by atoms with E-state index in [2.05, 4.69) is 48.5 Å². The Kier molecular flexibility index (Phi) is 14.4. The van der Waals surface area contributed by atoms with Gasteiger partial charge < -0.3 is 24.4 Å². The van der Waals surface area contributed by atoms with Gasteiger partial charge in [0, 0.05) is 31.1 Å². The topological polar surface area (TPSA) is 68.2 Å². The molecule has 0 radical (unpaired) electrons. The van der Waals surface area contributed by atoms with Crippen LogP contribution in [0.3, 0.4) is 0 Å². The first-order valence-corrected chi connectivity index (χ1v) is 12.7. The second-order valence-electron chi connectivity index (χ2n) is 6.03. The monoisotopic (exact) mass is 470 g/mol. The van der Waals surface area contributed by atoms with Gasteiger partial charge in [-0.3, -0.25) is 0 Å². The van der Waals surface area contributed by atoms with Crippen molar-refractivity contribution in [1.29, 1.82) is 0 Å². The molecule has 2 N–H and O–H groups in total. The second-order valence-corrected chi connectivity index (χ2v) is 9.51. The summed E-state index contributed by atoms with van der Waals surface area (Å²) >= 11 is 5.29. The van der Waals surface area contributed by atoms with E-state index in [9.17, 15) is 0 Å². The van der Waals surface area contributed by atoms with Gasteiger partial charge in [0.2, 0.25) is 0 Å². The van der Waals surface area contributed by atoms with E-state index in [1.807, 2.05) is 0 Å². The molecule has 2 rings (SSSR count). The van der Waals surface area contributed by atoms with Gasteiger partial charge in [0.05, 0.1) is 52.9 Å². The molecule has 0 spiro atoms. The first-order chi connectivity index (χ1) is 14.8. The summed E-state index contributed by atoms with van der Waals surface area (Å²) in [5.74, 6) is 1.78. The molecule has 0 aliphatic carbocycles. The number of thioether (sulfide) groups is 2. The molecular weight excluding hydrogens is 440 g/mol. The van der Waals surface area contributed by atoms with Crippen molar-refractivity contribution < 1.29 is 24.4 Å². The maximum absolute atomic E-state index is 8.69. The fourth-order valence-electron chi connectivity index (χ4n) is 2.33. The van der Waals surface area contributed by atoms with Crippen molar-refractivity contribution in [1.82, 2.24) is 0 Å². The van der Waals surface area contributed by atoms with Gasteiger partial charge in [0.1, 0.15) is 0 Å². The van der Waals surface area contributed by atoms with E-state index in [0.717, 1.165) is 11.5 Å². The zero-order valence-corrected chi connectivity index (χ0v) is 19.5. The number of ether oxygens (including phenoxy) is 3. The van der Waals surface area contributed by atoms with Crippen molar-refractivity contribution >= 4 is 35.3 Å². The van der Waals surface area contributed by atoms with E-state index in [4.69, 9.17) is 24.4 Å². The molecule has 0 saturated heterocycles. The van der Waals surface area contributed by atoms with Crippen LogP contribution in [-0.4, -0.2) is 74.6 Å². The summed E-state index contributed by atoms with van der Waals surface area (Å²) in [7, 11) is 0. The first kappa shape index (κ1) is 25.5. The van der Waals surface area contributed by atoms with Crippen molar-refractivity contribution in [2.75, 3.05) is 64.4 Å². The Balaban J connectivity index is 1.63. The van der Waals surface area contributed by atoms with Crippen LogP contribution in [0.2, 0.25) is 0 Å². The van der Waals surface area contributed by atoms with E-state index in [-0.39, 0.29) is 13.2 Å². The summed E-state index contributed by atoms with van der Waals surface area (Å²) in [6.45, 7) is 3.32. The third kappa shape index (κ3) is 11.6. The minimum Gasteiger partial charge on any atom is -0.394 e. The van der Waals surface area contributed by atoms with Crippen LogP contribution in [0.5, 0.6) is 0 Å². The molecule has 30 heavy (non-hydrogen) atoms. The van der Waals surface area contributed by atoms with Crippen LogP contribution in [0.25, 0.3) is 0 Å². The number of aliphatic hydroxyl groups is 2. The third-order valence-electron chi connectivity index (χ3n) is 3.72. The van der Waals surface area contributed by atoms with Gasteiger partial charge in [-0.2, -0.15) is 0 Å². The zero-order chi connectivity index (χ0) is 21.3. The van der Waals surface area contributed by atoms with Gasteiger partial charge in [-0.05, 0) is 48.5 Å². The quantitative estimate of drug-likeness (QED) is 0.265. The SMILES string of the molecule is OCCOCCOCCSc1ccc(Sc2ccc(SCCOCCO)cc2)cc1. The smallest absolute Gasteiger partial charge is 0.0701 e. The van der Waals surface area contributed by atoms with Crippen LogP contribution in [0.4, 0.5) is 0 Å². The van der Waals surface area contributed by atoms with E-state index in [0.29, 0.717) is 39.6 Å². The lowest BCUT2D eigenvalue weighted by molar-refractivity contribution is 0.0377. The van der Waals surface area contributed by atoms with E-state index in [1.54, 1.807) is 35.3 Å². The molecule has 0 saturated carbocycles. The van der Waals surface area contributed by atoms with Crippen molar-refractivity contribution in [2.45, 2.75) is 19.6 Å². The predicted octanol–water partition coefficient (Wildman–Crippen LogP) is 4.06. The average Bonchev–Trinajstić information content (AvgIpc) is 2.78. The number of hydrogen-bond donors (Lipinski definition) is 2. The standard InChI is InChI=1S/C22H30O5S3/c23-9-11-25-13-14-27-16-18-29-20-3-7-22(8-4-20)30-21-5-1-19(2-6-21)28-17-15-26-12-10-24/h1-8,23-24H,9-18H2. The highest BCUT2D eigenvalue weighted by Crippen LogP contribution is 2.31. The van der Waals surface area contributed by atoms with Crippen molar-refractivity contribution in [2.24, 2.45) is 0 Å². The van der Waals surface area contributed by atoms with Gasteiger partial charge in [-0.25, -0.2) is 0 Å². The summed E-state index contributed by atoms with van der Waals surface area (Å²) in [5.41, 5.74) is 0. The largest absolute Gasteiger partial charge is 0.394 e. The Morgan fingerprint density at radius 3 is 1.30 bits per heavy atom. The third-order valence-corrected chi connectivity index (χ3v) is 6.69. The minimum absolute atomic E-state index is 0.0527. The molecule has 0 bridgehead atoms. The molecule has 5 nitrogen and oxygen atoms in total. The van der Waals surface area contributed by atoms with Gasteiger partial charge in [0.25, 0.3) is 0 Å². The molecule has 0 fully saturated rings. The molecular formula is C22H30O5S3. The summed E-state index contributed by atoms with van der Waals surface area (Å²) in [6, 6.07) is 17.2. The molecule has 0 amide bonds. The van der Waals surface area contributed by atoms with E-state index < -0.39 is 0 Å². The predicted molar refractivity (Wildman–Crippen MR) is 125 cm³/mol. The summed E-state index contributed by atoms with van der Waals surface area (Å²) < 4.78 is 15.9. The lowest BCUT2D eigenvalue weighted by Crippen LogP contribution is -2.08. The molecule has 2 aromatic carbocycles. The maximum Gasteiger partial charge on any atom is 0.0701 e. The van der Waals surface area contributed by atoms with Crippen LogP contribution in [0.1, 0.15) is 0 Å². The van der Waals surface area contributed by atoms with Crippen molar-refractivity contribution in [3.8, 4) is 0 Å². The van der Waals surface area contributed by atoms with Crippen LogP contribution in [0, 0.1) is 0 Å². The molecule has 166 valence electrons. The highest BCUT2D eigenvalue weighted by Gasteiger charge is 2.01. The lowest BCUT2D eigenvalue weighted by atomic mass is 10.4. The fraction of sp³-hybridized carbons (Fsp3) is 0.455. The highest BCUT2D eigenvalue weighted by molar-refractivity contribution is 8.00. The Labute approximate surface area is 191 Å².